The molecule has 1 aliphatic rings. The van der Waals surface area contributed by atoms with Gasteiger partial charge < -0.3 is 19.7 Å². The lowest BCUT2D eigenvalue weighted by Crippen LogP contribution is -2.44. The molecule has 0 saturated heterocycles. The normalized spacial score (nSPS) is 17.1. The molecule has 0 spiro atoms. The van der Waals surface area contributed by atoms with Gasteiger partial charge in [-0.2, -0.15) is 0 Å². The van der Waals surface area contributed by atoms with Gasteiger partial charge in [-0.25, -0.2) is 4.39 Å². The Labute approximate surface area is 208 Å². The molecule has 0 bridgehead atoms. The summed E-state index contributed by atoms with van der Waals surface area (Å²) >= 11 is 1.61. The molecule has 4 rings (SSSR count). The first-order valence-corrected chi connectivity index (χ1v) is 12.3. The zero-order chi connectivity index (χ0) is 25.3. The first-order valence-electron chi connectivity index (χ1n) is 11.0. The van der Waals surface area contributed by atoms with Crippen LogP contribution in [0.2, 0.25) is 0 Å². The van der Waals surface area contributed by atoms with E-state index in [9.17, 15) is 14.0 Å². The number of benzene rings is 3. The number of carbonyl (C=O) groups excluding carboxylic acids is 2. The molecule has 2 atom stereocenters. The standard InChI is InChI=1S/C27H27FN2O4S/c1-15-6-9-17(12-21(15)28)29-26(31)24-19-13-22(33-3)23(34-4)14-20(19)27(32)30(2)25(24)16-7-10-18(35-5)11-8-16/h6-14,24-25H,1-5H3,(H,29,31)/t24-,25-/m0/s1. The average Bonchev–Trinajstić information content (AvgIpc) is 2.87. The van der Waals surface area contributed by atoms with Crippen LogP contribution in [0.5, 0.6) is 11.5 Å². The third-order valence-corrected chi connectivity index (χ3v) is 7.10. The van der Waals surface area contributed by atoms with E-state index >= 15 is 0 Å². The van der Waals surface area contributed by atoms with Gasteiger partial charge in [0.15, 0.2) is 11.5 Å². The van der Waals surface area contributed by atoms with E-state index in [1.54, 1.807) is 54.9 Å². The number of likely N-dealkylation sites (N-methyl/N-ethyl adjacent to an activating group) is 1. The first kappa shape index (κ1) is 24.6. The highest BCUT2D eigenvalue weighted by Crippen LogP contribution is 2.46. The van der Waals surface area contributed by atoms with Crippen molar-refractivity contribution < 1.29 is 23.5 Å². The van der Waals surface area contributed by atoms with Gasteiger partial charge in [0.25, 0.3) is 5.91 Å². The molecule has 0 fully saturated rings. The molecular formula is C27H27FN2O4S. The van der Waals surface area contributed by atoms with Crippen LogP contribution < -0.4 is 14.8 Å². The SMILES string of the molecule is COc1cc2c(cc1OC)[C@H](C(=O)Nc1ccc(C)c(F)c1)[C@H](c1ccc(SC)cc1)N(C)C2=O. The van der Waals surface area contributed by atoms with E-state index in [2.05, 4.69) is 5.32 Å². The number of ether oxygens (including phenoxy) is 2. The van der Waals surface area contributed by atoms with Crippen molar-refractivity contribution in [3.63, 3.8) is 0 Å². The van der Waals surface area contributed by atoms with Crippen LogP contribution in [0.1, 0.15) is 39.0 Å². The van der Waals surface area contributed by atoms with Gasteiger partial charge >= 0.3 is 0 Å². The highest BCUT2D eigenvalue weighted by Gasteiger charge is 2.43. The summed E-state index contributed by atoms with van der Waals surface area (Å²) in [5, 5.41) is 2.85. The molecule has 1 heterocycles. The molecule has 0 saturated carbocycles. The minimum Gasteiger partial charge on any atom is -0.493 e. The number of methoxy groups -OCH3 is 2. The number of anilines is 1. The van der Waals surface area contributed by atoms with Crippen molar-refractivity contribution in [2.75, 3.05) is 32.8 Å². The third kappa shape index (κ3) is 4.58. The summed E-state index contributed by atoms with van der Waals surface area (Å²) in [5.74, 6) is -0.966. The van der Waals surface area contributed by atoms with Gasteiger partial charge in [-0.05, 0) is 66.3 Å². The van der Waals surface area contributed by atoms with E-state index in [4.69, 9.17) is 9.47 Å². The molecule has 6 nitrogen and oxygen atoms in total. The molecular weight excluding hydrogens is 467 g/mol. The molecule has 0 unspecified atom stereocenters. The number of hydrogen-bond donors (Lipinski definition) is 1. The van der Waals surface area contributed by atoms with Crippen LogP contribution >= 0.6 is 11.8 Å². The summed E-state index contributed by atoms with van der Waals surface area (Å²) in [6.45, 7) is 1.66. The van der Waals surface area contributed by atoms with Gasteiger partial charge in [-0.1, -0.05) is 18.2 Å². The second-order valence-corrected chi connectivity index (χ2v) is 9.24. The Morgan fingerprint density at radius 1 is 1.03 bits per heavy atom. The summed E-state index contributed by atoms with van der Waals surface area (Å²) in [5.41, 5.74) is 2.53. The fourth-order valence-corrected chi connectivity index (χ4v) is 4.85. The van der Waals surface area contributed by atoms with Gasteiger partial charge in [-0.15, -0.1) is 11.8 Å². The van der Waals surface area contributed by atoms with Crippen LogP contribution in [-0.2, 0) is 4.79 Å². The van der Waals surface area contributed by atoms with E-state index in [-0.39, 0.29) is 11.8 Å². The number of hydrogen-bond acceptors (Lipinski definition) is 5. The fourth-order valence-electron chi connectivity index (χ4n) is 4.44. The maximum Gasteiger partial charge on any atom is 0.254 e. The van der Waals surface area contributed by atoms with Gasteiger partial charge in [0.1, 0.15) is 5.82 Å². The van der Waals surface area contributed by atoms with Crippen LogP contribution in [0.15, 0.2) is 59.5 Å². The zero-order valence-corrected chi connectivity index (χ0v) is 21.0. The molecule has 8 heteroatoms. The number of amides is 2. The van der Waals surface area contributed by atoms with Crippen molar-refractivity contribution in [1.29, 1.82) is 0 Å². The van der Waals surface area contributed by atoms with Crippen LogP contribution in [0.3, 0.4) is 0 Å². The predicted molar refractivity (Wildman–Crippen MR) is 135 cm³/mol. The first-order chi connectivity index (χ1) is 16.8. The summed E-state index contributed by atoms with van der Waals surface area (Å²) < 4.78 is 25.1. The van der Waals surface area contributed by atoms with Crippen LogP contribution in [0.4, 0.5) is 10.1 Å². The van der Waals surface area contributed by atoms with Gasteiger partial charge in [0, 0.05) is 23.2 Å². The minimum absolute atomic E-state index is 0.231. The topological polar surface area (TPSA) is 67.9 Å². The Balaban J connectivity index is 1.86. The Hall–Kier alpha value is -3.52. The molecule has 0 aromatic heterocycles. The summed E-state index contributed by atoms with van der Waals surface area (Å²) in [4.78, 5) is 29.9. The number of nitrogens with zero attached hydrogens (tertiary/aromatic N) is 1. The van der Waals surface area contributed by atoms with Crippen molar-refractivity contribution in [2.24, 2.45) is 0 Å². The Bertz CT molecular complexity index is 1280. The van der Waals surface area contributed by atoms with E-state index in [1.807, 2.05) is 30.5 Å². The summed E-state index contributed by atoms with van der Waals surface area (Å²) in [6.07, 6.45) is 1.98. The van der Waals surface area contributed by atoms with Crippen molar-refractivity contribution in [1.82, 2.24) is 4.90 Å². The maximum atomic E-state index is 14.2. The van der Waals surface area contributed by atoms with E-state index in [1.165, 1.54) is 20.3 Å². The number of fused-ring (bicyclic) bond motifs is 1. The maximum absolute atomic E-state index is 14.2. The van der Waals surface area contributed by atoms with Crippen molar-refractivity contribution >= 4 is 29.3 Å². The van der Waals surface area contributed by atoms with Crippen LogP contribution in [0.25, 0.3) is 0 Å². The third-order valence-electron chi connectivity index (χ3n) is 6.35. The number of halogens is 1. The highest BCUT2D eigenvalue weighted by molar-refractivity contribution is 7.98. The van der Waals surface area contributed by atoms with Gasteiger partial charge in [-0.3, -0.25) is 9.59 Å². The monoisotopic (exact) mass is 494 g/mol. The zero-order valence-electron chi connectivity index (χ0n) is 20.2. The lowest BCUT2D eigenvalue weighted by atomic mass is 9.79. The van der Waals surface area contributed by atoms with Crippen molar-refractivity contribution in [2.45, 2.75) is 23.8 Å². The number of carbonyl (C=O) groups is 2. The minimum atomic E-state index is -0.781. The van der Waals surface area contributed by atoms with E-state index in [0.717, 1.165) is 10.5 Å². The predicted octanol–water partition coefficient (Wildman–Crippen LogP) is 5.42. The summed E-state index contributed by atoms with van der Waals surface area (Å²) in [6, 6.07) is 15.1. The molecule has 182 valence electrons. The van der Waals surface area contributed by atoms with Crippen molar-refractivity contribution in [3.8, 4) is 11.5 Å². The number of rotatable bonds is 6. The van der Waals surface area contributed by atoms with Crippen LogP contribution in [0, 0.1) is 12.7 Å². The van der Waals surface area contributed by atoms with Crippen molar-refractivity contribution in [3.05, 3.63) is 82.7 Å². The van der Waals surface area contributed by atoms with E-state index < -0.39 is 17.8 Å². The number of aryl methyl sites for hydroxylation is 1. The largest absolute Gasteiger partial charge is 0.493 e. The quantitative estimate of drug-likeness (QED) is 0.464. The lowest BCUT2D eigenvalue weighted by Gasteiger charge is -2.40. The smallest absolute Gasteiger partial charge is 0.254 e. The Morgan fingerprint density at radius 3 is 2.29 bits per heavy atom. The number of nitrogens with one attached hydrogen (secondary N) is 1. The second kappa shape index (κ2) is 10.00. The average molecular weight is 495 g/mol. The highest BCUT2D eigenvalue weighted by atomic mass is 32.2. The fraction of sp³-hybridized carbons (Fsp3) is 0.259. The molecule has 3 aromatic rings. The molecule has 1 aliphatic heterocycles. The molecule has 2 amide bonds. The molecule has 0 radical (unpaired) electrons. The van der Waals surface area contributed by atoms with Gasteiger partial charge in [0.2, 0.25) is 5.91 Å². The van der Waals surface area contributed by atoms with E-state index in [0.29, 0.717) is 33.9 Å². The van der Waals surface area contributed by atoms with Gasteiger partial charge in [0.05, 0.1) is 26.2 Å². The molecule has 35 heavy (non-hydrogen) atoms. The Kier molecular flexibility index (Phi) is 7.03. The summed E-state index contributed by atoms with van der Waals surface area (Å²) in [7, 11) is 4.68. The molecule has 1 N–H and O–H groups in total. The molecule has 3 aromatic carbocycles. The number of thioether (sulfide) groups is 1. The Morgan fingerprint density at radius 2 is 1.69 bits per heavy atom. The lowest BCUT2D eigenvalue weighted by molar-refractivity contribution is -0.119. The molecule has 0 aliphatic carbocycles. The second-order valence-electron chi connectivity index (χ2n) is 8.36. The van der Waals surface area contributed by atoms with Crippen LogP contribution in [-0.4, -0.2) is 44.2 Å².